The Morgan fingerprint density at radius 3 is 2.46 bits per heavy atom. The maximum atomic E-state index is 12.8. The number of imidazole rings is 1. The van der Waals surface area contributed by atoms with Gasteiger partial charge in [0.15, 0.2) is 10.8 Å². The second kappa shape index (κ2) is 7.53. The number of hydrogen-bond acceptors (Lipinski definition) is 6. The van der Waals surface area contributed by atoms with Crippen molar-refractivity contribution in [3.8, 4) is 34.1 Å². The van der Waals surface area contributed by atoms with Gasteiger partial charge in [-0.05, 0) is 48.5 Å². The molecule has 8 heteroatoms. The first-order valence-corrected chi connectivity index (χ1v) is 9.26. The van der Waals surface area contributed by atoms with Gasteiger partial charge in [-0.1, -0.05) is 0 Å². The second-order valence-electron chi connectivity index (χ2n) is 5.88. The van der Waals surface area contributed by atoms with E-state index in [1.54, 1.807) is 43.0 Å². The van der Waals surface area contributed by atoms with Crippen molar-refractivity contribution in [3.05, 3.63) is 65.8 Å². The van der Waals surface area contributed by atoms with Crippen LogP contribution in [0, 0.1) is 0 Å². The van der Waals surface area contributed by atoms with E-state index in [1.165, 1.54) is 11.3 Å². The summed E-state index contributed by atoms with van der Waals surface area (Å²) in [5.41, 5.74) is 2.38. The molecule has 0 aliphatic carbocycles. The van der Waals surface area contributed by atoms with Gasteiger partial charge in [0.05, 0.1) is 12.8 Å². The number of nitrogens with zero attached hydrogens (tertiary/aromatic N) is 2. The Bertz CT molecular complexity index is 1090. The number of benzene rings is 2. The molecule has 7 nitrogen and oxygen atoms in total. The summed E-state index contributed by atoms with van der Waals surface area (Å²) in [5.74, 6) is 1.04. The molecule has 140 valence electrons. The molecular weight excluding hydrogens is 376 g/mol. The fourth-order valence-electron chi connectivity index (χ4n) is 2.70. The van der Waals surface area contributed by atoms with Crippen molar-refractivity contribution < 1.29 is 14.6 Å². The van der Waals surface area contributed by atoms with E-state index in [9.17, 15) is 9.90 Å². The summed E-state index contributed by atoms with van der Waals surface area (Å²) in [6.45, 7) is 0. The molecule has 0 saturated heterocycles. The lowest BCUT2D eigenvalue weighted by atomic mass is 10.1. The number of phenols is 1. The van der Waals surface area contributed by atoms with Crippen LogP contribution in [0.4, 0.5) is 5.13 Å². The lowest BCUT2D eigenvalue weighted by molar-refractivity contribution is 0.102. The molecular formula is C20H16N4O3S. The average molecular weight is 392 g/mol. The van der Waals surface area contributed by atoms with Crippen molar-refractivity contribution in [3.63, 3.8) is 0 Å². The summed E-state index contributed by atoms with van der Waals surface area (Å²) >= 11 is 1.33. The molecule has 0 bridgehead atoms. The number of carbonyl (C=O) groups excluding carboxylic acids is 1. The number of nitrogens with one attached hydrogen (secondary N) is 2. The fourth-order valence-corrected chi connectivity index (χ4v) is 3.23. The lowest BCUT2D eigenvalue weighted by Gasteiger charge is -2.04. The molecule has 4 rings (SSSR count). The summed E-state index contributed by atoms with van der Waals surface area (Å²) in [6, 6.07) is 13.9. The Morgan fingerprint density at radius 2 is 1.82 bits per heavy atom. The predicted molar refractivity (Wildman–Crippen MR) is 108 cm³/mol. The minimum absolute atomic E-state index is 0.160. The molecule has 0 spiro atoms. The Kier molecular flexibility index (Phi) is 4.77. The number of aromatic nitrogens is 3. The SMILES string of the molecule is COc1ccc(-c2[nH]c(-c3ccc(O)cc3)nc2C(=O)Nc2nccs2)cc1. The molecule has 0 unspecified atom stereocenters. The largest absolute Gasteiger partial charge is 0.508 e. The molecule has 28 heavy (non-hydrogen) atoms. The number of phenolic OH excluding ortho intramolecular Hbond substituents is 1. The first kappa shape index (κ1) is 17.7. The van der Waals surface area contributed by atoms with Crippen LogP contribution in [0.15, 0.2) is 60.1 Å². The van der Waals surface area contributed by atoms with Gasteiger partial charge in [-0.15, -0.1) is 11.3 Å². The molecule has 0 saturated carbocycles. The van der Waals surface area contributed by atoms with Crippen molar-refractivity contribution in [2.45, 2.75) is 0 Å². The minimum atomic E-state index is -0.359. The third-order valence-corrected chi connectivity index (χ3v) is 4.78. The van der Waals surface area contributed by atoms with Crippen LogP contribution in [0.1, 0.15) is 10.5 Å². The maximum absolute atomic E-state index is 12.8. The first-order chi connectivity index (χ1) is 13.6. The van der Waals surface area contributed by atoms with Crippen LogP contribution in [0.3, 0.4) is 0 Å². The molecule has 1 amide bonds. The van der Waals surface area contributed by atoms with Crippen molar-refractivity contribution in [1.29, 1.82) is 0 Å². The van der Waals surface area contributed by atoms with Gasteiger partial charge < -0.3 is 14.8 Å². The number of carbonyl (C=O) groups is 1. The van der Waals surface area contributed by atoms with Crippen LogP contribution < -0.4 is 10.1 Å². The summed E-state index contributed by atoms with van der Waals surface area (Å²) < 4.78 is 5.20. The average Bonchev–Trinajstić information content (AvgIpc) is 3.38. The Labute approximate surface area is 164 Å². The highest BCUT2D eigenvalue weighted by Gasteiger charge is 2.20. The molecule has 3 N–H and O–H groups in total. The third kappa shape index (κ3) is 3.58. The van der Waals surface area contributed by atoms with Crippen molar-refractivity contribution in [1.82, 2.24) is 15.0 Å². The van der Waals surface area contributed by atoms with E-state index in [0.29, 0.717) is 16.6 Å². The summed E-state index contributed by atoms with van der Waals surface area (Å²) in [4.78, 5) is 24.6. The zero-order valence-electron chi connectivity index (χ0n) is 14.8. The van der Waals surface area contributed by atoms with Gasteiger partial charge in [-0.25, -0.2) is 9.97 Å². The fraction of sp³-hybridized carbons (Fsp3) is 0.0500. The van der Waals surface area contributed by atoms with E-state index in [1.807, 2.05) is 24.3 Å². The van der Waals surface area contributed by atoms with E-state index < -0.39 is 0 Å². The molecule has 2 aromatic carbocycles. The highest BCUT2D eigenvalue weighted by atomic mass is 32.1. The Balaban J connectivity index is 1.77. The van der Waals surface area contributed by atoms with E-state index in [2.05, 4.69) is 20.3 Å². The summed E-state index contributed by atoms with van der Waals surface area (Å²) in [5, 5.41) is 14.6. The zero-order chi connectivity index (χ0) is 19.5. The van der Waals surface area contributed by atoms with Crippen LogP contribution >= 0.6 is 11.3 Å². The van der Waals surface area contributed by atoms with Gasteiger partial charge in [0.25, 0.3) is 5.91 Å². The van der Waals surface area contributed by atoms with E-state index >= 15 is 0 Å². The molecule has 2 heterocycles. The van der Waals surface area contributed by atoms with Crippen molar-refractivity contribution in [2.75, 3.05) is 12.4 Å². The number of H-pyrrole nitrogens is 1. The number of aromatic hydroxyl groups is 1. The van der Waals surface area contributed by atoms with Gasteiger partial charge in [0, 0.05) is 22.7 Å². The van der Waals surface area contributed by atoms with E-state index in [-0.39, 0.29) is 17.4 Å². The van der Waals surface area contributed by atoms with Gasteiger partial charge in [-0.2, -0.15) is 0 Å². The monoisotopic (exact) mass is 392 g/mol. The number of amides is 1. The molecule has 2 aromatic heterocycles. The third-order valence-electron chi connectivity index (χ3n) is 4.09. The number of ether oxygens (including phenoxy) is 1. The number of rotatable bonds is 5. The van der Waals surface area contributed by atoms with Gasteiger partial charge in [0.2, 0.25) is 0 Å². The minimum Gasteiger partial charge on any atom is -0.508 e. The van der Waals surface area contributed by atoms with Crippen molar-refractivity contribution >= 4 is 22.4 Å². The van der Waals surface area contributed by atoms with Crippen LogP contribution in [0.2, 0.25) is 0 Å². The highest BCUT2D eigenvalue weighted by molar-refractivity contribution is 7.13. The standard InChI is InChI=1S/C20H16N4O3S/c1-27-15-8-4-12(5-9-15)16-17(19(26)24-20-21-10-11-28-20)23-18(22-16)13-2-6-14(25)7-3-13/h2-11,25H,1H3,(H,22,23)(H,21,24,26). The molecule has 0 atom stereocenters. The maximum Gasteiger partial charge on any atom is 0.278 e. The van der Waals surface area contributed by atoms with Gasteiger partial charge in [-0.3, -0.25) is 10.1 Å². The van der Waals surface area contributed by atoms with Gasteiger partial charge in [0.1, 0.15) is 17.3 Å². The molecule has 0 radical (unpaired) electrons. The van der Waals surface area contributed by atoms with Gasteiger partial charge >= 0.3 is 0 Å². The zero-order valence-corrected chi connectivity index (χ0v) is 15.7. The van der Waals surface area contributed by atoms with Crippen LogP contribution in [-0.4, -0.2) is 33.1 Å². The number of hydrogen-bond donors (Lipinski definition) is 3. The Morgan fingerprint density at radius 1 is 1.11 bits per heavy atom. The predicted octanol–water partition coefficient (Wildman–Crippen LogP) is 4.17. The molecule has 4 aromatic rings. The van der Waals surface area contributed by atoms with Crippen molar-refractivity contribution in [2.24, 2.45) is 0 Å². The molecule has 0 aliphatic rings. The number of anilines is 1. The van der Waals surface area contributed by atoms with Crippen LogP contribution in [0.25, 0.3) is 22.6 Å². The number of thiazole rings is 1. The molecule has 0 fully saturated rings. The lowest BCUT2D eigenvalue weighted by Crippen LogP contribution is -2.13. The summed E-state index contributed by atoms with van der Waals surface area (Å²) in [7, 11) is 1.60. The summed E-state index contributed by atoms with van der Waals surface area (Å²) in [6.07, 6.45) is 1.62. The second-order valence-corrected chi connectivity index (χ2v) is 6.77. The highest BCUT2D eigenvalue weighted by Crippen LogP contribution is 2.29. The first-order valence-electron chi connectivity index (χ1n) is 8.39. The topological polar surface area (TPSA) is 100 Å². The Hall–Kier alpha value is -3.65. The smallest absolute Gasteiger partial charge is 0.278 e. The normalized spacial score (nSPS) is 10.6. The van der Waals surface area contributed by atoms with E-state index in [0.717, 1.165) is 16.9 Å². The van der Waals surface area contributed by atoms with Crippen LogP contribution in [-0.2, 0) is 0 Å². The quantitative estimate of drug-likeness (QED) is 0.473. The van der Waals surface area contributed by atoms with Crippen LogP contribution in [0.5, 0.6) is 11.5 Å². The molecule has 0 aliphatic heterocycles. The number of methoxy groups -OCH3 is 1. The number of aromatic amines is 1. The van der Waals surface area contributed by atoms with E-state index in [4.69, 9.17) is 4.74 Å².